The fraction of sp³-hybridized carbons (Fsp3) is 0.750. The second kappa shape index (κ2) is 4.05. The van der Waals surface area contributed by atoms with E-state index in [2.05, 4.69) is 45.9 Å². The maximum absolute atomic E-state index is 2.51. The first-order valence-electron chi connectivity index (χ1n) is 6.89. The summed E-state index contributed by atoms with van der Waals surface area (Å²) in [5.74, 6) is 0.782. The van der Waals surface area contributed by atoms with E-state index < -0.39 is 0 Å². The number of rotatable bonds is 2. The lowest BCUT2D eigenvalue weighted by Gasteiger charge is -2.51. The van der Waals surface area contributed by atoms with Gasteiger partial charge in [-0.2, -0.15) is 0 Å². The van der Waals surface area contributed by atoms with Crippen LogP contribution in [-0.2, 0) is 0 Å². The minimum Gasteiger partial charge on any atom is -0.0740 e. The van der Waals surface area contributed by atoms with E-state index in [4.69, 9.17) is 0 Å². The van der Waals surface area contributed by atoms with Crippen molar-refractivity contribution in [3.63, 3.8) is 0 Å². The van der Waals surface area contributed by atoms with Crippen LogP contribution in [0.1, 0.15) is 59.8 Å². The molecular weight excluding hydrogens is 192 g/mol. The summed E-state index contributed by atoms with van der Waals surface area (Å²) in [6.45, 7) is 9.53. The molecule has 0 amide bonds. The molecule has 1 fully saturated rings. The minimum atomic E-state index is 0.311. The van der Waals surface area contributed by atoms with E-state index in [0.29, 0.717) is 10.8 Å². The predicted octanol–water partition coefficient (Wildman–Crippen LogP) is 5.12. The Kier molecular flexibility index (Phi) is 3.03. The Bertz CT molecular complexity index is 313. The topological polar surface area (TPSA) is 0 Å². The molecule has 1 unspecified atom stereocenters. The van der Waals surface area contributed by atoms with Gasteiger partial charge in [-0.05, 0) is 31.1 Å². The van der Waals surface area contributed by atoms with Crippen LogP contribution in [-0.4, -0.2) is 0 Å². The lowest BCUT2D eigenvalue weighted by molar-refractivity contribution is 0.0300. The zero-order valence-corrected chi connectivity index (χ0v) is 11.3. The Morgan fingerprint density at radius 3 is 2.19 bits per heavy atom. The van der Waals surface area contributed by atoms with Gasteiger partial charge in [0.05, 0.1) is 0 Å². The summed E-state index contributed by atoms with van der Waals surface area (Å²) < 4.78 is 0. The summed E-state index contributed by atoms with van der Waals surface area (Å²) in [5, 5.41) is 0. The Hall–Kier alpha value is -0.520. The second-order valence-electron chi connectivity index (χ2n) is 6.38. The van der Waals surface area contributed by atoms with Crippen LogP contribution in [0.3, 0.4) is 0 Å². The SMILES string of the molecule is CC1=CC(C)(C2(C(C)C)CCCCC2)C=C1. The van der Waals surface area contributed by atoms with Gasteiger partial charge in [0.25, 0.3) is 0 Å². The van der Waals surface area contributed by atoms with Crippen LogP contribution in [0.4, 0.5) is 0 Å². The first-order chi connectivity index (χ1) is 7.50. The highest BCUT2D eigenvalue weighted by molar-refractivity contribution is 5.34. The van der Waals surface area contributed by atoms with Crippen LogP contribution in [0.5, 0.6) is 0 Å². The van der Waals surface area contributed by atoms with Crippen LogP contribution in [0.15, 0.2) is 23.8 Å². The van der Waals surface area contributed by atoms with Crippen LogP contribution >= 0.6 is 0 Å². The molecule has 90 valence electrons. The molecule has 2 rings (SSSR count). The normalized spacial score (nSPS) is 33.2. The van der Waals surface area contributed by atoms with Crippen molar-refractivity contribution in [2.24, 2.45) is 16.7 Å². The Morgan fingerprint density at radius 2 is 1.75 bits per heavy atom. The molecule has 16 heavy (non-hydrogen) atoms. The van der Waals surface area contributed by atoms with E-state index in [1.165, 1.54) is 37.7 Å². The smallest absolute Gasteiger partial charge is 0.0100 e. The van der Waals surface area contributed by atoms with Gasteiger partial charge in [0.2, 0.25) is 0 Å². The van der Waals surface area contributed by atoms with Crippen molar-refractivity contribution in [3.05, 3.63) is 23.8 Å². The predicted molar refractivity (Wildman–Crippen MR) is 71.4 cm³/mol. The van der Waals surface area contributed by atoms with Crippen LogP contribution in [0.2, 0.25) is 0 Å². The summed E-state index contributed by atoms with van der Waals surface area (Å²) in [7, 11) is 0. The molecule has 0 aromatic carbocycles. The monoisotopic (exact) mass is 218 g/mol. The summed E-state index contributed by atoms with van der Waals surface area (Å²) in [6.07, 6.45) is 14.4. The average Bonchev–Trinajstić information content (AvgIpc) is 2.61. The summed E-state index contributed by atoms with van der Waals surface area (Å²) in [6, 6.07) is 0. The van der Waals surface area contributed by atoms with Crippen LogP contribution < -0.4 is 0 Å². The van der Waals surface area contributed by atoms with Gasteiger partial charge < -0.3 is 0 Å². The third kappa shape index (κ3) is 1.67. The van der Waals surface area contributed by atoms with Crippen molar-refractivity contribution in [3.8, 4) is 0 Å². The minimum absolute atomic E-state index is 0.311. The van der Waals surface area contributed by atoms with Crippen LogP contribution in [0, 0.1) is 16.7 Å². The molecule has 2 aliphatic rings. The van der Waals surface area contributed by atoms with Crippen molar-refractivity contribution in [2.45, 2.75) is 59.8 Å². The first-order valence-corrected chi connectivity index (χ1v) is 6.89. The highest BCUT2D eigenvalue weighted by atomic mass is 14.5. The Morgan fingerprint density at radius 1 is 1.12 bits per heavy atom. The quantitative estimate of drug-likeness (QED) is 0.604. The molecular formula is C16H26. The van der Waals surface area contributed by atoms with Crippen molar-refractivity contribution < 1.29 is 0 Å². The fourth-order valence-corrected chi connectivity index (χ4v) is 4.10. The van der Waals surface area contributed by atoms with Crippen molar-refractivity contribution >= 4 is 0 Å². The maximum Gasteiger partial charge on any atom is 0.0100 e. The maximum atomic E-state index is 2.51. The number of hydrogen-bond acceptors (Lipinski definition) is 0. The van der Waals surface area contributed by atoms with E-state index in [1.54, 1.807) is 0 Å². The average molecular weight is 218 g/mol. The van der Waals surface area contributed by atoms with Crippen molar-refractivity contribution in [1.29, 1.82) is 0 Å². The second-order valence-corrected chi connectivity index (χ2v) is 6.38. The zero-order chi connectivity index (χ0) is 11.8. The summed E-state index contributed by atoms with van der Waals surface area (Å²) in [5.41, 5.74) is 2.28. The first kappa shape index (κ1) is 12.0. The summed E-state index contributed by atoms with van der Waals surface area (Å²) in [4.78, 5) is 0. The fourth-order valence-electron chi connectivity index (χ4n) is 4.10. The molecule has 0 spiro atoms. The molecule has 1 saturated carbocycles. The highest BCUT2D eigenvalue weighted by Crippen LogP contribution is 2.57. The van der Waals surface area contributed by atoms with E-state index in [0.717, 1.165) is 5.92 Å². The zero-order valence-electron chi connectivity index (χ0n) is 11.3. The molecule has 0 saturated heterocycles. The molecule has 0 aliphatic heterocycles. The molecule has 2 aliphatic carbocycles. The third-order valence-electron chi connectivity index (χ3n) is 5.14. The van der Waals surface area contributed by atoms with Gasteiger partial charge in [-0.1, -0.05) is 63.8 Å². The third-order valence-corrected chi connectivity index (χ3v) is 5.14. The molecule has 0 aromatic rings. The molecule has 0 heteroatoms. The molecule has 0 heterocycles. The van der Waals surface area contributed by atoms with E-state index in [9.17, 15) is 0 Å². The largest absolute Gasteiger partial charge is 0.0740 e. The van der Waals surface area contributed by atoms with E-state index in [1.807, 2.05) is 0 Å². The van der Waals surface area contributed by atoms with Gasteiger partial charge in [-0.25, -0.2) is 0 Å². The van der Waals surface area contributed by atoms with E-state index in [-0.39, 0.29) is 0 Å². The van der Waals surface area contributed by atoms with E-state index >= 15 is 0 Å². The van der Waals surface area contributed by atoms with Crippen LogP contribution in [0.25, 0.3) is 0 Å². The highest BCUT2D eigenvalue weighted by Gasteiger charge is 2.48. The van der Waals surface area contributed by atoms with Crippen molar-refractivity contribution in [2.75, 3.05) is 0 Å². The molecule has 0 radical (unpaired) electrons. The van der Waals surface area contributed by atoms with Gasteiger partial charge in [0.15, 0.2) is 0 Å². The Balaban J connectivity index is 2.36. The van der Waals surface area contributed by atoms with Gasteiger partial charge in [-0.15, -0.1) is 0 Å². The van der Waals surface area contributed by atoms with Gasteiger partial charge in [0, 0.05) is 5.41 Å². The van der Waals surface area contributed by atoms with Gasteiger partial charge in [-0.3, -0.25) is 0 Å². The summed E-state index contributed by atoms with van der Waals surface area (Å²) >= 11 is 0. The molecule has 0 N–H and O–H groups in total. The Labute approximate surface area is 101 Å². The van der Waals surface area contributed by atoms with Gasteiger partial charge >= 0.3 is 0 Å². The number of allylic oxidation sites excluding steroid dienone is 4. The lowest BCUT2D eigenvalue weighted by atomic mass is 9.53. The standard InChI is InChI=1S/C16H26/c1-13(2)16(9-6-5-7-10-16)15(4)11-8-14(3)12-15/h8,11-13H,5-7,9-10H2,1-4H3. The molecule has 0 aromatic heterocycles. The van der Waals surface area contributed by atoms with Gasteiger partial charge in [0.1, 0.15) is 0 Å². The molecule has 0 nitrogen and oxygen atoms in total. The molecule has 1 atom stereocenters. The number of hydrogen-bond donors (Lipinski definition) is 0. The lowest BCUT2D eigenvalue weighted by Crippen LogP contribution is -2.42. The van der Waals surface area contributed by atoms with Crippen molar-refractivity contribution in [1.82, 2.24) is 0 Å². The molecule has 0 bridgehead atoms.